The van der Waals surface area contributed by atoms with Gasteiger partial charge >= 0.3 is 0 Å². The maximum absolute atomic E-state index is 9.16. The molecule has 0 saturated carbocycles. The Morgan fingerprint density at radius 1 is 1.13 bits per heavy atom. The van der Waals surface area contributed by atoms with Gasteiger partial charge in [-0.15, -0.1) is 22.6 Å². The molecule has 0 fully saturated rings. The van der Waals surface area contributed by atoms with Gasteiger partial charge in [0.15, 0.2) is 5.82 Å². The van der Waals surface area contributed by atoms with E-state index in [1.165, 1.54) is 5.57 Å². The summed E-state index contributed by atoms with van der Waals surface area (Å²) < 4.78 is 2.21. The Morgan fingerprint density at radius 3 is 2.83 bits per heavy atom. The van der Waals surface area contributed by atoms with Crippen LogP contribution in [-0.4, -0.2) is 14.8 Å². The number of hydrogen-bond acceptors (Lipinski definition) is 4. The van der Waals surface area contributed by atoms with E-state index in [4.69, 9.17) is 16.9 Å². The molecule has 7 heteroatoms. The highest BCUT2D eigenvalue weighted by molar-refractivity contribution is 6.30. The Labute approximate surface area is 186 Å². The molecular formula is C23H21Cl2N5. The van der Waals surface area contributed by atoms with E-state index in [9.17, 15) is 0 Å². The van der Waals surface area contributed by atoms with E-state index in [2.05, 4.69) is 44.4 Å². The van der Waals surface area contributed by atoms with E-state index in [-0.39, 0.29) is 12.4 Å². The van der Waals surface area contributed by atoms with Crippen molar-refractivity contribution in [3.05, 3.63) is 81.9 Å². The Kier molecular flexibility index (Phi) is 5.92. The van der Waals surface area contributed by atoms with Gasteiger partial charge in [0.25, 0.3) is 0 Å². The molecule has 0 spiro atoms. The Morgan fingerprint density at radius 2 is 2.03 bits per heavy atom. The number of allylic oxidation sites excluding steroid dienone is 2. The minimum atomic E-state index is 0. The van der Waals surface area contributed by atoms with Gasteiger partial charge in [0.2, 0.25) is 0 Å². The van der Waals surface area contributed by atoms with Crippen molar-refractivity contribution < 1.29 is 0 Å². The van der Waals surface area contributed by atoms with Crippen LogP contribution in [-0.2, 0) is 13.1 Å². The van der Waals surface area contributed by atoms with Crippen LogP contribution >= 0.6 is 24.0 Å². The lowest BCUT2D eigenvalue weighted by Crippen LogP contribution is -2.13. The number of hydrogen-bond donors (Lipinski definition) is 1. The van der Waals surface area contributed by atoms with Crippen LogP contribution in [0.3, 0.4) is 0 Å². The first-order valence-corrected chi connectivity index (χ1v) is 10.2. The minimum absolute atomic E-state index is 0. The molecular weight excluding hydrogens is 417 g/mol. The Balaban J connectivity index is 0.00000218. The zero-order valence-corrected chi connectivity index (χ0v) is 17.9. The lowest BCUT2D eigenvalue weighted by Gasteiger charge is -2.23. The fraction of sp³-hybridized carbons (Fsp3) is 0.261. The highest BCUT2D eigenvalue weighted by Gasteiger charge is 2.26. The standard InChI is InChI=1S/C23H20ClN5.ClH/c24-20-8-9-21-19(11-20)13-26-14-22-27-28-23(29(21)22)17-6-4-16(5-7-17)18-3-1-2-15(10-18)12-25;/h1-4,8-11,17,26H,5-7,13-14H2;1H. The molecule has 0 radical (unpaired) electrons. The maximum Gasteiger partial charge on any atom is 0.151 e. The second-order valence-electron chi connectivity index (χ2n) is 7.58. The zero-order valence-electron chi connectivity index (χ0n) is 16.3. The van der Waals surface area contributed by atoms with Crippen molar-refractivity contribution in [2.24, 2.45) is 0 Å². The molecule has 0 amide bonds. The molecule has 152 valence electrons. The van der Waals surface area contributed by atoms with Crippen LogP contribution < -0.4 is 5.32 Å². The summed E-state index contributed by atoms with van der Waals surface area (Å²) >= 11 is 6.22. The first-order chi connectivity index (χ1) is 14.2. The van der Waals surface area contributed by atoms with Crippen LogP contribution in [0.5, 0.6) is 0 Å². The first kappa shape index (κ1) is 20.6. The van der Waals surface area contributed by atoms with Crippen LogP contribution in [0, 0.1) is 11.3 Å². The van der Waals surface area contributed by atoms with E-state index in [0.29, 0.717) is 18.0 Å². The van der Waals surface area contributed by atoms with Crippen LogP contribution in [0.1, 0.15) is 53.5 Å². The minimum Gasteiger partial charge on any atom is -0.306 e. The smallest absolute Gasteiger partial charge is 0.151 e. The van der Waals surface area contributed by atoms with E-state index < -0.39 is 0 Å². The SMILES string of the molecule is Cl.N#Cc1cccc(C2=CCC(c3nnc4n3-c3ccc(Cl)cc3CNC4)CC2)c1. The van der Waals surface area contributed by atoms with E-state index in [0.717, 1.165) is 59.3 Å². The molecule has 2 aliphatic rings. The summed E-state index contributed by atoms with van der Waals surface area (Å²) in [6.07, 6.45) is 5.19. The fourth-order valence-electron chi connectivity index (χ4n) is 4.31. The molecule has 1 atom stereocenters. The predicted octanol–water partition coefficient (Wildman–Crippen LogP) is 5.17. The third kappa shape index (κ3) is 3.75. The number of nitriles is 1. The number of rotatable bonds is 2. The Bertz CT molecular complexity index is 1160. The van der Waals surface area contributed by atoms with Crippen molar-refractivity contribution in [2.45, 2.75) is 38.3 Å². The highest BCUT2D eigenvalue weighted by Crippen LogP contribution is 2.37. The van der Waals surface area contributed by atoms with Gasteiger partial charge in [-0.2, -0.15) is 5.26 Å². The van der Waals surface area contributed by atoms with Crippen molar-refractivity contribution in [3.63, 3.8) is 0 Å². The normalized spacial score (nSPS) is 17.6. The molecule has 1 aliphatic carbocycles. The summed E-state index contributed by atoms with van der Waals surface area (Å²) in [6, 6.07) is 16.1. The third-order valence-electron chi connectivity index (χ3n) is 5.77. The quantitative estimate of drug-likeness (QED) is 0.600. The topological polar surface area (TPSA) is 66.5 Å². The molecule has 5 nitrogen and oxygen atoms in total. The van der Waals surface area contributed by atoms with E-state index in [1.54, 1.807) is 0 Å². The molecule has 5 rings (SSSR count). The number of nitrogens with zero attached hydrogens (tertiary/aromatic N) is 4. The maximum atomic E-state index is 9.16. The Hall–Kier alpha value is -2.65. The van der Waals surface area contributed by atoms with Gasteiger partial charge in [0, 0.05) is 17.5 Å². The van der Waals surface area contributed by atoms with Crippen molar-refractivity contribution >= 4 is 29.6 Å². The summed E-state index contributed by atoms with van der Waals surface area (Å²) in [5.74, 6) is 2.28. The molecule has 30 heavy (non-hydrogen) atoms. The largest absolute Gasteiger partial charge is 0.306 e. The second kappa shape index (κ2) is 8.61. The van der Waals surface area contributed by atoms with Gasteiger partial charge in [0.05, 0.1) is 23.9 Å². The summed E-state index contributed by atoms with van der Waals surface area (Å²) in [6.45, 7) is 1.46. The molecule has 1 aromatic heterocycles. The number of nitrogens with one attached hydrogen (secondary N) is 1. The van der Waals surface area contributed by atoms with Gasteiger partial charge in [-0.1, -0.05) is 29.8 Å². The fourth-order valence-corrected chi connectivity index (χ4v) is 4.51. The molecule has 2 aromatic carbocycles. The average molecular weight is 438 g/mol. The first-order valence-electron chi connectivity index (χ1n) is 9.86. The number of halogens is 2. The van der Waals surface area contributed by atoms with Crippen LogP contribution in [0.2, 0.25) is 5.02 Å². The lowest BCUT2D eigenvalue weighted by atomic mass is 9.85. The average Bonchev–Trinajstić information content (AvgIpc) is 3.09. The third-order valence-corrected chi connectivity index (χ3v) is 6.01. The van der Waals surface area contributed by atoms with Gasteiger partial charge in [0.1, 0.15) is 5.82 Å². The second-order valence-corrected chi connectivity index (χ2v) is 8.02. The summed E-state index contributed by atoms with van der Waals surface area (Å²) in [7, 11) is 0. The molecule has 1 aliphatic heterocycles. The van der Waals surface area contributed by atoms with Gasteiger partial charge in [-0.25, -0.2) is 0 Å². The van der Waals surface area contributed by atoms with Crippen molar-refractivity contribution in [2.75, 3.05) is 0 Å². The summed E-state index contributed by atoms with van der Waals surface area (Å²) in [5.41, 5.74) is 5.44. The van der Waals surface area contributed by atoms with E-state index >= 15 is 0 Å². The molecule has 0 bridgehead atoms. The van der Waals surface area contributed by atoms with Crippen molar-refractivity contribution in [1.29, 1.82) is 5.26 Å². The van der Waals surface area contributed by atoms with Crippen molar-refractivity contribution in [1.82, 2.24) is 20.1 Å². The molecule has 0 saturated heterocycles. The van der Waals surface area contributed by atoms with E-state index in [1.807, 2.05) is 30.3 Å². The molecule has 2 heterocycles. The predicted molar refractivity (Wildman–Crippen MR) is 120 cm³/mol. The van der Waals surface area contributed by atoms with Gasteiger partial charge < -0.3 is 5.32 Å². The summed E-state index contributed by atoms with van der Waals surface area (Å²) in [5, 5.41) is 22.4. The monoisotopic (exact) mass is 437 g/mol. The molecule has 1 unspecified atom stereocenters. The molecule has 3 aromatic rings. The number of benzene rings is 2. The van der Waals surface area contributed by atoms with Crippen LogP contribution in [0.4, 0.5) is 0 Å². The van der Waals surface area contributed by atoms with Crippen LogP contribution in [0.15, 0.2) is 48.5 Å². The zero-order chi connectivity index (χ0) is 19.8. The molecule has 1 N–H and O–H groups in total. The highest BCUT2D eigenvalue weighted by atomic mass is 35.5. The lowest BCUT2D eigenvalue weighted by molar-refractivity contribution is 0.576. The number of aromatic nitrogens is 3. The number of fused-ring (bicyclic) bond motifs is 3. The van der Waals surface area contributed by atoms with Crippen molar-refractivity contribution in [3.8, 4) is 11.8 Å². The van der Waals surface area contributed by atoms with Gasteiger partial charge in [-0.05, 0) is 66.3 Å². The van der Waals surface area contributed by atoms with Gasteiger partial charge in [-0.3, -0.25) is 4.57 Å². The summed E-state index contributed by atoms with van der Waals surface area (Å²) in [4.78, 5) is 0. The van der Waals surface area contributed by atoms with Crippen LogP contribution in [0.25, 0.3) is 11.3 Å².